The van der Waals surface area contributed by atoms with Crippen molar-refractivity contribution in [1.29, 1.82) is 5.26 Å². The Hall–Kier alpha value is -2.07. The zero-order chi connectivity index (χ0) is 15.6. The van der Waals surface area contributed by atoms with Gasteiger partial charge in [-0.2, -0.15) is 5.26 Å². The standard InChI is InChI=1S/C14H20N4O3/c1-4-5-10-9-18(6-7-21-10)12-11(8-15)13(19)17(3)14(20)16(12)2/h10H,4-7,9H2,1-3H3. The number of ether oxygens (including phenoxy) is 1. The number of nitriles is 1. The molecule has 1 aliphatic rings. The van der Waals surface area contributed by atoms with Gasteiger partial charge in [0.25, 0.3) is 5.56 Å². The van der Waals surface area contributed by atoms with Crippen molar-refractivity contribution in [2.75, 3.05) is 24.6 Å². The van der Waals surface area contributed by atoms with Gasteiger partial charge in [0.1, 0.15) is 11.9 Å². The summed E-state index contributed by atoms with van der Waals surface area (Å²) >= 11 is 0. The highest BCUT2D eigenvalue weighted by molar-refractivity contribution is 5.53. The van der Waals surface area contributed by atoms with Crippen molar-refractivity contribution in [2.45, 2.75) is 25.9 Å². The Morgan fingerprint density at radius 3 is 2.67 bits per heavy atom. The van der Waals surface area contributed by atoms with E-state index in [1.54, 1.807) is 7.05 Å². The second-order valence-electron chi connectivity index (χ2n) is 5.24. The highest BCUT2D eigenvalue weighted by Gasteiger charge is 2.26. The first-order chi connectivity index (χ1) is 10.0. The highest BCUT2D eigenvalue weighted by atomic mass is 16.5. The summed E-state index contributed by atoms with van der Waals surface area (Å²) in [6.45, 7) is 3.76. The van der Waals surface area contributed by atoms with Crippen LogP contribution in [0.5, 0.6) is 0 Å². The first-order valence-electron chi connectivity index (χ1n) is 7.07. The van der Waals surface area contributed by atoms with E-state index in [9.17, 15) is 14.9 Å². The van der Waals surface area contributed by atoms with E-state index >= 15 is 0 Å². The second kappa shape index (κ2) is 6.14. The van der Waals surface area contributed by atoms with Gasteiger partial charge in [0.15, 0.2) is 5.56 Å². The van der Waals surface area contributed by atoms with E-state index in [0.29, 0.717) is 25.5 Å². The number of nitrogens with zero attached hydrogens (tertiary/aromatic N) is 4. The molecule has 0 bridgehead atoms. The molecule has 0 saturated carbocycles. The zero-order valence-corrected chi connectivity index (χ0v) is 12.6. The predicted molar refractivity (Wildman–Crippen MR) is 78.5 cm³/mol. The molecule has 7 nitrogen and oxygen atoms in total. The maximum atomic E-state index is 12.1. The van der Waals surface area contributed by atoms with Crippen LogP contribution in [0, 0.1) is 11.3 Å². The van der Waals surface area contributed by atoms with Crippen LogP contribution in [0.1, 0.15) is 25.3 Å². The van der Waals surface area contributed by atoms with Crippen LogP contribution in [0.25, 0.3) is 0 Å². The van der Waals surface area contributed by atoms with Gasteiger partial charge in [0, 0.05) is 27.2 Å². The molecule has 0 aromatic carbocycles. The number of anilines is 1. The summed E-state index contributed by atoms with van der Waals surface area (Å²) in [4.78, 5) is 26.1. The Labute approximate surface area is 123 Å². The number of aromatic nitrogens is 2. The fourth-order valence-corrected chi connectivity index (χ4v) is 2.71. The van der Waals surface area contributed by atoms with Gasteiger partial charge in [-0.15, -0.1) is 0 Å². The zero-order valence-electron chi connectivity index (χ0n) is 12.6. The normalized spacial score (nSPS) is 18.6. The van der Waals surface area contributed by atoms with Crippen molar-refractivity contribution >= 4 is 5.82 Å². The molecule has 1 unspecified atom stereocenters. The molecule has 21 heavy (non-hydrogen) atoms. The first-order valence-corrected chi connectivity index (χ1v) is 7.07. The Bertz CT molecular complexity index is 681. The fourth-order valence-electron chi connectivity index (χ4n) is 2.71. The summed E-state index contributed by atoms with van der Waals surface area (Å²) in [6.07, 6.45) is 1.98. The van der Waals surface area contributed by atoms with Gasteiger partial charge in [-0.05, 0) is 6.42 Å². The summed E-state index contributed by atoms with van der Waals surface area (Å²) in [6, 6.07) is 1.94. The van der Waals surface area contributed by atoms with E-state index in [1.165, 1.54) is 11.6 Å². The SMILES string of the molecule is CCCC1CN(c2c(C#N)c(=O)n(C)c(=O)n2C)CCO1. The van der Waals surface area contributed by atoms with E-state index in [1.807, 2.05) is 11.0 Å². The summed E-state index contributed by atoms with van der Waals surface area (Å²) in [5.74, 6) is 0.398. The van der Waals surface area contributed by atoms with E-state index in [0.717, 1.165) is 17.4 Å². The third-order valence-corrected chi connectivity index (χ3v) is 3.79. The molecule has 0 radical (unpaired) electrons. The maximum Gasteiger partial charge on any atom is 0.332 e. The summed E-state index contributed by atoms with van der Waals surface area (Å²) in [7, 11) is 2.97. The topological polar surface area (TPSA) is 80.3 Å². The van der Waals surface area contributed by atoms with Crippen LogP contribution >= 0.6 is 0 Å². The lowest BCUT2D eigenvalue weighted by Crippen LogP contribution is -2.48. The summed E-state index contributed by atoms with van der Waals surface area (Å²) in [5.41, 5.74) is -0.960. The van der Waals surface area contributed by atoms with Crippen molar-refractivity contribution < 1.29 is 4.74 Å². The lowest BCUT2D eigenvalue weighted by molar-refractivity contribution is 0.0343. The number of hydrogen-bond acceptors (Lipinski definition) is 5. The van der Waals surface area contributed by atoms with Crippen molar-refractivity contribution in [1.82, 2.24) is 9.13 Å². The molecule has 2 rings (SSSR count). The van der Waals surface area contributed by atoms with Crippen LogP contribution in [0.15, 0.2) is 9.59 Å². The molecule has 2 heterocycles. The van der Waals surface area contributed by atoms with Gasteiger partial charge < -0.3 is 9.64 Å². The Morgan fingerprint density at radius 1 is 1.33 bits per heavy atom. The molecule has 0 amide bonds. The number of morpholine rings is 1. The molecule has 1 aromatic heterocycles. The van der Waals surface area contributed by atoms with Crippen molar-refractivity contribution in [3.05, 3.63) is 26.4 Å². The number of hydrogen-bond donors (Lipinski definition) is 0. The van der Waals surface area contributed by atoms with Gasteiger partial charge in [-0.1, -0.05) is 13.3 Å². The van der Waals surface area contributed by atoms with Crippen LogP contribution < -0.4 is 16.1 Å². The molecule has 1 aliphatic heterocycles. The molecule has 1 fully saturated rings. The van der Waals surface area contributed by atoms with Gasteiger partial charge in [0.05, 0.1) is 12.7 Å². The quantitative estimate of drug-likeness (QED) is 0.781. The lowest BCUT2D eigenvalue weighted by atomic mass is 10.1. The molecule has 1 aromatic rings. The Kier molecular flexibility index (Phi) is 4.48. The molecule has 0 spiro atoms. The molecule has 1 atom stereocenters. The van der Waals surface area contributed by atoms with Crippen LogP contribution in [0.4, 0.5) is 5.82 Å². The van der Waals surface area contributed by atoms with Crippen molar-refractivity contribution in [3.8, 4) is 6.07 Å². The average molecular weight is 292 g/mol. The molecular formula is C14H20N4O3. The van der Waals surface area contributed by atoms with Gasteiger partial charge in [-0.3, -0.25) is 13.9 Å². The first kappa shape index (κ1) is 15.3. The maximum absolute atomic E-state index is 12.1. The largest absolute Gasteiger partial charge is 0.375 e. The third-order valence-electron chi connectivity index (χ3n) is 3.79. The van der Waals surface area contributed by atoms with Gasteiger partial charge in [-0.25, -0.2) is 4.79 Å². The van der Waals surface area contributed by atoms with Gasteiger partial charge >= 0.3 is 5.69 Å². The molecular weight excluding hydrogens is 272 g/mol. The molecule has 1 saturated heterocycles. The van der Waals surface area contributed by atoms with Gasteiger partial charge in [0.2, 0.25) is 0 Å². The minimum absolute atomic E-state index is 0.0109. The molecule has 0 N–H and O–H groups in total. The monoisotopic (exact) mass is 292 g/mol. The summed E-state index contributed by atoms with van der Waals surface area (Å²) < 4.78 is 8.01. The predicted octanol–water partition coefficient (Wildman–Crippen LogP) is -0.0390. The van der Waals surface area contributed by atoms with E-state index in [-0.39, 0.29) is 11.7 Å². The lowest BCUT2D eigenvalue weighted by Gasteiger charge is -2.35. The molecule has 114 valence electrons. The smallest absolute Gasteiger partial charge is 0.332 e. The third kappa shape index (κ3) is 2.72. The molecule has 0 aliphatic carbocycles. The number of rotatable bonds is 3. The van der Waals surface area contributed by atoms with E-state index in [4.69, 9.17) is 4.74 Å². The molecule has 7 heteroatoms. The van der Waals surface area contributed by atoms with Crippen molar-refractivity contribution in [3.63, 3.8) is 0 Å². The van der Waals surface area contributed by atoms with Crippen LogP contribution in [0.2, 0.25) is 0 Å². The fraction of sp³-hybridized carbons (Fsp3) is 0.643. The van der Waals surface area contributed by atoms with Crippen LogP contribution in [-0.2, 0) is 18.8 Å². The Balaban J connectivity index is 2.51. The minimum atomic E-state index is -0.547. The van der Waals surface area contributed by atoms with Crippen LogP contribution in [-0.4, -0.2) is 34.9 Å². The van der Waals surface area contributed by atoms with Crippen LogP contribution in [0.3, 0.4) is 0 Å². The summed E-state index contributed by atoms with van der Waals surface area (Å²) in [5, 5.41) is 9.30. The van der Waals surface area contributed by atoms with E-state index in [2.05, 4.69) is 6.92 Å². The highest BCUT2D eigenvalue weighted by Crippen LogP contribution is 2.19. The minimum Gasteiger partial charge on any atom is -0.375 e. The second-order valence-corrected chi connectivity index (χ2v) is 5.24. The Morgan fingerprint density at radius 2 is 2.05 bits per heavy atom. The van der Waals surface area contributed by atoms with E-state index < -0.39 is 11.2 Å². The average Bonchev–Trinajstić information content (AvgIpc) is 2.49. The van der Waals surface area contributed by atoms with Crippen molar-refractivity contribution in [2.24, 2.45) is 14.1 Å².